The summed E-state index contributed by atoms with van der Waals surface area (Å²) in [4.78, 5) is 13.0. The van der Waals surface area contributed by atoms with Gasteiger partial charge >= 0.3 is 6.09 Å². The van der Waals surface area contributed by atoms with Gasteiger partial charge in [0.25, 0.3) is 5.92 Å². The van der Waals surface area contributed by atoms with E-state index in [0.717, 1.165) is 4.90 Å². The van der Waals surface area contributed by atoms with Crippen LogP contribution in [-0.4, -0.2) is 46.3 Å². The third-order valence-corrected chi connectivity index (χ3v) is 3.48. The van der Waals surface area contributed by atoms with Gasteiger partial charge in [0.15, 0.2) is 0 Å². The van der Waals surface area contributed by atoms with E-state index in [-0.39, 0.29) is 6.61 Å². The molecule has 1 saturated heterocycles. The second-order valence-corrected chi connectivity index (χ2v) is 6.03. The van der Waals surface area contributed by atoms with Crippen molar-refractivity contribution in [3.8, 4) is 0 Å². The number of nitrogens with zero attached hydrogens (tertiary/aromatic N) is 1. The standard InChI is InChI=1S/C12H19F2NO3/c1-11(2,3)18-10(17)15-7(6-16)4-5-8-9(15)12(8,13)14/h7-9,16H,4-6H2,1-3H3/t7-,8?,9?/m0/s1. The van der Waals surface area contributed by atoms with Gasteiger partial charge in [-0.25, -0.2) is 13.6 Å². The third-order valence-electron chi connectivity index (χ3n) is 3.48. The molecule has 4 nitrogen and oxygen atoms in total. The van der Waals surface area contributed by atoms with Gasteiger partial charge < -0.3 is 9.84 Å². The normalized spacial score (nSPS) is 33.9. The van der Waals surface area contributed by atoms with Gasteiger partial charge in [-0.05, 0) is 33.6 Å². The molecule has 2 fully saturated rings. The second kappa shape index (κ2) is 4.05. The molecule has 1 N–H and O–H groups in total. The van der Waals surface area contributed by atoms with Crippen LogP contribution in [0, 0.1) is 5.92 Å². The van der Waals surface area contributed by atoms with Crippen molar-refractivity contribution in [2.24, 2.45) is 5.92 Å². The van der Waals surface area contributed by atoms with Gasteiger partial charge in [-0.3, -0.25) is 4.90 Å². The van der Waals surface area contributed by atoms with E-state index in [9.17, 15) is 18.7 Å². The lowest BCUT2D eigenvalue weighted by atomic mass is 10.0. The summed E-state index contributed by atoms with van der Waals surface area (Å²) in [5.41, 5.74) is -0.728. The molecule has 3 atom stereocenters. The summed E-state index contributed by atoms with van der Waals surface area (Å²) in [7, 11) is 0. The Hall–Kier alpha value is -0.910. The highest BCUT2D eigenvalue weighted by Crippen LogP contribution is 2.58. The Morgan fingerprint density at radius 3 is 2.56 bits per heavy atom. The molecule has 2 aliphatic rings. The summed E-state index contributed by atoms with van der Waals surface area (Å²) in [6.07, 6.45) is -0.0114. The van der Waals surface area contributed by atoms with Gasteiger partial charge in [-0.2, -0.15) is 0 Å². The zero-order chi connectivity index (χ0) is 13.7. The molecule has 18 heavy (non-hydrogen) atoms. The summed E-state index contributed by atoms with van der Waals surface area (Å²) in [6, 6.07) is -1.66. The van der Waals surface area contributed by atoms with Crippen LogP contribution in [0.2, 0.25) is 0 Å². The number of hydrogen-bond acceptors (Lipinski definition) is 3. The van der Waals surface area contributed by atoms with Crippen LogP contribution >= 0.6 is 0 Å². The molecule has 1 aliphatic heterocycles. The summed E-state index contributed by atoms with van der Waals surface area (Å²) in [5, 5.41) is 9.22. The fraction of sp³-hybridized carbons (Fsp3) is 0.917. The minimum absolute atomic E-state index is 0.307. The smallest absolute Gasteiger partial charge is 0.411 e. The monoisotopic (exact) mass is 263 g/mol. The number of aliphatic hydroxyl groups excluding tert-OH is 1. The molecule has 1 amide bonds. The number of alkyl halides is 2. The van der Waals surface area contributed by atoms with Crippen molar-refractivity contribution in [1.82, 2.24) is 4.90 Å². The average molecular weight is 263 g/mol. The number of halogens is 2. The highest BCUT2D eigenvalue weighted by atomic mass is 19.3. The predicted molar refractivity (Wildman–Crippen MR) is 60.4 cm³/mol. The van der Waals surface area contributed by atoms with Crippen LogP contribution in [0.25, 0.3) is 0 Å². The summed E-state index contributed by atoms with van der Waals surface area (Å²) in [5.74, 6) is -3.60. The molecule has 6 heteroatoms. The summed E-state index contributed by atoms with van der Waals surface area (Å²) >= 11 is 0. The van der Waals surface area contributed by atoms with E-state index < -0.39 is 35.6 Å². The molecule has 0 aromatic heterocycles. The Morgan fingerprint density at radius 2 is 2.06 bits per heavy atom. The average Bonchev–Trinajstić information content (AvgIpc) is 2.78. The van der Waals surface area contributed by atoms with E-state index in [4.69, 9.17) is 4.74 Å². The lowest BCUT2D eigenvalue weighted by Gasteiger charge is -2.35. The number of rotatable bonds is 1. The van der Waals surface area contributed by atoms with Crippen LogP contribution in [0.5, 0.6) is 0 Å². The quantitative estimate of drug-likeness (QED) is 0.787. The van der Waals surface area contributed by atoms with Crippen LogP contribution < -0.4 is 0 Å². The molecule has 0 aromatic rings. The highest BCUT2D eigenvalue weighted by Gasteiger charge is 2.74. The molecule has 0 aromatic carbocycles. The second-order valence-electron chi connectivity index (χ2n) is 6.03. The van der Waals surface area contributed by atoms with Crippen LogP contribution in [0.4, 0.5) is 13.6 Å². The van der Waals surface area contributed by atoms with E-state index in [1.54, 1.807) is 20.8 Å². The minimum atomic E-state index is -2.83. The Bertz CT molecular complexity index is 354. The van der Waals surface area contributed by atoms with Crippen molar-refractivity contribution in [2.75, 3.05) is 6.61 Å². The van der Waals surface area contributed by atoms with Crippen LogP contribution in [0.3, 0.4) is 0 Å². The fourth-order valence-electron chi connectivity index (χ4n) is 2.60. The number of aliphatic hydroxyl groups is 1. The fourth-order valence-corrected chi connectivity index (χ4v) is 2.60. The molecular weight excluding hydrogens is 244 g/mol. The SMILES string of the molecule is CC(C)(C)OC(=O)N1C2C(CC[C@H]1CO)C2(F)F. The molecule has 2 unspecified atom stereocenters. The van der Waals surface area contributed by atoms with Crippen molar-refractivity contribution in [3.05, 3.63) is 0 Å². The maximum absolute atomic E-state index is 13.5. The van der Waals surface area contributed by atoms with Crippen molar-refractivity contribution in [3.63, 3.8) is 0 Å². The first-order valence-corrected chi connectivity index (χ1v) is 6.18. The lowest BCUT2D eigenvalue weighted by molar-refractivity contribution is -0.0108. The number of carbonyl (C=O) groups is 1. The van der Waals surface area contributed by atoms with Crippen molar-refractivity contribution in [1.29, 1.82) is 0 Å². The number of hydrogen-bond donors (Lipinski definition) is 1. The number of carbonyl (C=O) groups excluding carboxylic acids is 1. The predicted octanol–water partition coefficient (Wildman–Crippen LogP) is 2.01. The van der Waals surface area contributed by atoms with E-state index in [1.807, 2.05) is 0 Å². The first-order chi connectivity index (χ1) is 8.18. The topological polar surface area (TPSA) is 49.8 Å². The summed E-state index contributed by atoms with van der Waals surface area (Å²) in [6.45, 7) is 4.75. The molecule has 1 aliphatic carbocycles. The van der Waals surface area contributed by atoms with Gasteiger partial charge in [-0.15, -0.1) is 0 Å². The van der Waals surface area contributed by atoms with Crippen LogP contribution in [-0.2, 0) is 4.74 Å². The zero-order valence-corrected chi connectivity index (χ0v) is 10.8. The maximum atomic E-state index is 13.5. The molecular formula is C12H19F2NO3. The van der Waals surface area contributed by atoms with E-state index in [2.05, 4.69) is 0 Å². The van der Waals surface area contributed by atoms with Gasteiger partial charge in [0.05, 0.1) is 18.6 Å². The largest absolute Gasteiger partial charge is 0.444 e. The molecule has 1 heterocycles. The number of piperidine rings is 1. The van der Waals surface area contributed by atoms with Crippen molar-refractivity contribution < 1.29 is 23.4 Å². The maximum Gasteiger partial charge on any atom is 0.411 e. The van der Waals surface area contributed by atoms with Crippen LogP contribution in [0.15, 0.2) is 0 Å². The Labute approximate surface area is 105 Å². The molecule has 2 rings (SSSR count). The molecule has 1 saturated carbocycles. The summed E-state index contributed by atoms with van der Waals surface area (Å²) < 4.78 is 32.2. The van der Waals surface area contributed by atoms with Gasteiger partial charge in [-0.1, -0.05) is 0 Å². The molecule has 0 bridgehead atoms. The van der Waals surface area contributed by atoms with Gasteiger partial charge in [0.2, 0.25) is 0 Å². The van der Waals surface area contributed by atoms with E-state index >= 15 is 0 Å². The lowest BCUT2D eigenvalue weighted by Crippen LogP contribution is -2.49. The van der Waals surface area contributed by atoms with Crippen LogP contribution in [0.1, 0.15) is 33.6 Å². The number of ether oxygens (including phenoxy) is 1. The van der Waals surface area contributed by atoms with Gasteiger partial charge in [0.1, 0.15) is 11.6 Å². The molecule has 0 spiro atoms. The van der Waals surface area contributed by atoms with Crippen molar-refractivity contribution >= 4 is 6.09 Å². The number of likely N-dealkylation sites (tertiary alicyclic amines) is 1. The third kappa shape index (κ3) is 2.18. The number of fused-ring (bicyclic) bond motifs is 1. The Morgan fingerprint density at radius 1 is 1.44 bits per heavy atom. The Balaban J connectivity index is 2.14. The van der Waals surface area contributed by atoms with Crippen molar-refractivity contribution in [2.45, 2.75) is 57.2 Å². The zero-order valence-electron chi connectivity index (χ0n) is 10.8. The Kier molecular flexibility index (Phi) is 3.04. The number of amides is 1. The van der Waals surface area contributed by atoms with Gasteiger partial charge in [0, 0.05) is 0 Å². The molecule has 104 valence electrons. The van der Waals surface area contributed by atoms with E-state index in [1.165, 1.54) is 0 Å². The van der Waals surface area contributed by atoms with E-state index in [0.29, 0.717) is 12.8 Å². The minimum Gasteiger partial charge on any atom is -0.444 e. The highest BCUT2D eigenvalue weighted by molar-refractivity contribution is 5.70. The first kappa shape index (κ1) is 13.5. The first-order valence-electron chi connectivity index (χ1n) is 6.18. The molecule has 0 radical (unpaired) electrons.